The Morgan fingerprint density at radius 3 is 2.92 bits per heavy atom. The average Bonchev–Trinajstić information content (AvgIpc) is 3.03. The van der Waals surface area contributed by atoms with Gasteiger partial charge in [-0.15, -0.1) is 0 Å². The van der Waals surface area contributed by atoms with Crippen LogP contribution in [-0.4, -0.2) is 38.7 Å². The minimum absolute atomic E-state index is 0.0351. The average molecular weight is 327 g/mol. The Kier molecular flexibility index (Phi) is 5.25. The third-order valence-corrected chi connectivity index (χ3v) is 4.42. The number of hydrogen-bond donors (Lipinski definition) is 1. The summed E-state index contributed by atoms with van der Waals surface area (Å²) in [6.07, 6.45) is 3.54. The maximum Gasteiger partial charge on any atom is 0.234 e. The summed E-state index contributed by atoms with van der Waals surface area (Å²) in [5, 5.41) is 7.27. The lowest BCUT2D eigenvalue weighted by molar-refractivity contribution is -0.123. The molecule has 1 aromatic carbocycles. The van der Waals surface area contributed by atoms with E-state index in [1.807, 2.05) is 11.6 Å². The summed E-state index contributed by atoms with van der Waals surface area (Å²) in [7, 11) is 0. The molecule has 2 aromatic rings. The monoisotopic (exact) mass is 327 g/mol. The molecule has 6 nitrogen and oxygen atoms in total. The number of aryl methyl sites for hydroxylation is 1. The second kappa shape index (κ2) is 7.57. The molecule has 0 saturated heterocycles. The van der Waals surface area contributed by atoms with E-state index in [0.717, 1.165) is 38.3 Å². The number of benzene rings is 1. The smallest absolute Gasteiger partial charge is 0.234 e. The molecule has 0 aliphatic carbocycles. The molecule has 1 atom stereocenters. The fourth-order valence-electron chi connectivity index (χ4n) is 3.24. The third-order valence-electron chi connectivity index (χ3n) is 4.42. The lowest BCUT2D eigenvalue weighted by Crippen LogP contribution is -2.41. The summed E-state index contributed by atoms with van der Waals surface area (Å²) in [5.41, 5.74) is 2.72. The van der Waals surface area contributed by atoms with Gasteiger partial charge in [-0.2, -0.15) is 5.10 Å². The predicted molar refractivity (Wildman–Crippen MR) is 92.3 cm³/mol. The minimum Gasteiger partial charge on any atom is -0.345 e. The molecule has 3 rings (SSSR count). The molecule has 0 spiro atoms. The number of carbonyl (C=O) groups excluding carboxylic acids is 1. The van der Waals surface area contributed by atoms with Crippen LogP contribution in [0.5, 0.6) is 0 Å². The van der Waals surface area contributed by atoms with Gasteiger partial charge in [-0.25, -0.2) is 9.67 Å². The lowest BCUT2D eigenvalue weighted by atomic mass is 10.00. The van der Waals surface area contributed by atoms with Crippen LogP contribution in [0.1, 0.15) is 43.3 Å². The molecule has 1 aliphatic rings. The van der Waals surface area contributed by atoms with Gasteiger partial charge in [-0.1, -0.05) is 31.2 Å². The molecule has 24 heavy (non-hydrogen) atoms. The van der Waals surface area contributed by atoms with E-state index < -0.39 is 0 Å². The summed E-state index contributed by atoms with van der Waals surface area (Å²) in [4.78, 5) is 18.9. The van der Waals surface area contributed by atoms with Gasteiger partial charge in [0.1, 0.15) is 12.2 Å². The topological polar surface area (TPSA) is 63.1 Å². The van der Waals surface area contributed by atoms with Crippen LogP contribution in [0.25, 0.3) is 0 Å². The van der Waals surface area contributed by atoms with Gasteiger partial charge in [-0.05, 0) is 30.9 Å². The van der Waals surface area contributed by atoms with E-state index in [0.29, 0.717) is 6.54 Å². The number of amides is 1. The SMILES string of the molecule is CCCn1ncnc1C(C)NC(=O)CN1CCc2ccccc2C1. The fourth-order valence-corrected chi connectivity index (χ4v) is 3.24. The van der Waals surface area contributed by atoms with Crippen LogP contribution in [0.3, 0.4) is 0 Å². The number of nitrogens with one attached hydrogen (secondary N) is 1. The Bertz CT molecular complexity index is 696. The van der Waals surface area contributed by atoms with Crippen molar-refractivity contribution in [1.29, 1.82) is 0 Å². The fraction of sp³-hybridized carbons (Fsp3) is 0.500. The van der Waals surface area contributed by atoms with Crippen molar-refractivity contribution in [3.05, 3.63) is 47.5 Å². The number of rotatable bonds is 6. The van der Waals surface area contributed by atoms with Gasteiger partial charge in [0, 0.05) is 19.6 Å². The van der Waals surface area contributed by atoms with Crippen LogP contribution in [0.15, 0.2) is 30.6 Å². The van der Waals surface area contributed by atoms with Crippen LogP contribution < -0.4 is 5.32 Å². The van der Waals surface area contributed by atoms with Gasteiger partial charge in [0.25, 0.3) is 0 Å². The molecule has 0 bridgehead atoms. The molecule has 0 fully saturated rings. The maximum absolute atomic E-state index is 12.4. The second-order valence-electron chi connectivity index (χ2n) is 6.36. The van der Waals surface area contributed by atoms with Crippen LogP contribution in [-0.2, 0) is 24.3 Å². The van der Waals surface area contributed by atoms with Crippen molar-refractivity contribution in [1.82, 2.24) is 25.0 Å². The number of aromatic nitrogens is 3. The highest BCUT2D eigenvalue weighted by molar-refractivity contribution is 5.78. The van der Waals surface area contributed by atoms with E-state index in [2.05, 4.69) is 51.5 Å². The van der Waals surface area contributed by atoms with E-state index in [9.17, 15) is 4.79 Å². The van der Waals surface area contributed by atoms with E-state index in [1.54, 1.807) is 6.33 Å². The van der Waals surface area contributed by atoms with E-state index in [4.69, 9.17) is 0 Å². The van der Waals surface area contributed by atoms with Crippen molar-refractivity contribution < 1.29 is 4.79 Å². The van der Waals surface area contributed by atoms with E-state index in [1.165, 1.54) is 11.1 Å². The van der Waals surface area contributed by atoms with Crippen molar-refractivity contribution in [3.63, 3.8) is 0 Å². The zero-order valence-electron chi connectivity index (χ0n) is 14.4. The largest absolute Gasteiger partial charge is 0.345 e. The molecule has 1 aromatic heterocycles. The summed E-state index contributed by atoms with van der Waals surface area (Å²) in [6.45, 7) is 7.05. The van der Waals surface area contributed by atoms with E-state index in [-0.39, 0.29) is 11.9 Å². The summed E-state index contributed by atoms with van der Waals surface area (Å²) >= 11 is 0. The Balaban J connectivity index is 1.55. The van der Waals surface area contributed by atoms with E-state index >= 15 is 0 Å². The zero-order chi connectivity index (χ0) is 16.9. The van der Waals surface area contributed by atoms with Crippen molar-refractivity contribution in [2.45, 2.75) is 45.8 Å². The second-order valence-corrected chi connectivity index (χ2v) is 6.36. The van der Waals surface area contributed by atoms with Gasteiger partial charge in [0.15, 0.2) is 0 Å². The van der Waals surface area contributed by atoms with Crippen molar-refractivity contribution in [3.8, 4) is 0 Å². The molecule has 0 radical (unpaired) electrons. The lowest BCUT2D eigenvalue weighted by Gasteiger charge is -2.28. The van der Waals surface area contributed by atoms with Gasteiger partial charge >= 0.3 is 0 Å². The standard InChI is InChI=1S/C18H25N5O/c1-3-9-23-18(19-13-20-23)14(2)21-17(24)12-22-10-8-15-6-4-5-7-16(15)11-22/h4-7,13-14H,3,8-12H2,1-2H3,(H,21,24). The summed E-state index contributed by atoms with van der Waals surface area (Å²) in [5.74, 6) is 0.849. The van der Waals surface area contributed by atoms with Gasteiger partial charge in [-0.3, -0.25) is 9.69 Å². The highest BCUT2D eigenvalue weighted by Gasteiger charge is 2.20. The first-order chi connectivity index (χ1) is 11.7. The Morgan fingerprint density at radius 1 is 1.33 bits per heavy atom. The van der Waals surface area contributed by atoms with Crippen molar-refractivity contribution >= 4 is 5.91 Å². The third kappa shape index (κ3) is 3.82. The molecule has 0 saturated carbocycles. The summed E-state index contributed by atoms with van der Waals surface area (Å²) < 4.78 is 1.86. The maximum atomic E-state index is 12.4. The molecule has 1 unspecified atom stereocenters. The molecule has 1 N–H and O–H groups in total. The molecular weight excluding hydrogens is 302 g/mol. The Morgan fingerprint density at radius 2 is 2.12 bits per heavy atom. The van der Waals surface area contributed by atoms with Crippen molar-refractivity contribution in [2.24, 2.45) is 0 Å². The van der Waals surface area contributed by atoms with Crippen LogP contribution >= 0.6 is 0 Å². The number of nitrogens with zero attached hydrogens (tertiary/aromatic N) is 4. The molecule has 1 amide bonds. The molecule has 2 heterocycles. The van der Waals surface area contributed by atoms with Gasteiger partial charge < -0.3 is 5.32 Å². The van der Waals surface area contributed by atoms with Crippen LogP contribution in [0.2, 0.25) is 0 Å². The quantitative estimate of drug-likeness (QED) is 0.880. The molecule has 6 heteroatoms. The van der Waals surface area contributed by atoms with Crippen molar-refractivity contribution in [2.75, 3.05) is 13.1 Å². The van der Waals surface area contributed by atoms with Crippen LogP contribution in [0.4, 0.5) is 0 Å². The highest BCUT2D eigenvalue weighted by Crippen LogP contribution is 2.18. The first-order valence-electron chi connectivity index (χ1n) is 8.63. The van der Waals surface area contributed by atoms with Gasteiger partial charge in [0.2, 0.25) is 5.91 Å². The first-order valence-corrected chi connectivity index (χ1v) is 8.63. The Hall–Kier alpha value is -2.21. The number of hydrogen-bond acceptors (Lipinski definition) is 4. The minimum atomic E-state index is -0.136. The first kappa shape index (κ1) is 16.6. The Labute approximate surface area is 142 Å². The highest BCUT2D eigenvalue weighted by atomic mass is 16.2. The predicted octanol–water partition coefficient (Wildman–Crippen LogP) is 1.92. The number of carbonyl (C=O) groups is 1. The number of fused-ring (bicyclic) bond motifs is 1. The van der Waals surface area contributed by atoms with Gasteiger partial charge in [0.05, 0.1) is 12.6 Å². The normalized spacial score (nSPS) is 15.8. The summed E-state index contributed by atoms with van der Waals surface area (Å²) in [6, 6.07) is 8.33. The van der Waals surface area contributed by atoms with Crippen LogP contribution in [0, 0.1) is 0 Å². The zero-order valence-corrected chi connectivity index (χ0v) is 14.4. The molecule has 1 aliphatic heterocycles. The molecule has 128 valence electrons. The molecular formula is C18H25N5O.